The molecule has 6 heteroatoms. The summed E-state index contributed by atoms with van der Waals surface area (Å²) in [6.07, 6.45) is 0. The van der Waals surface area contributed by atoms with Crippen molar-refractivity contribution in [1.29, 1.82) is 0 Å². The molecule has 6 nitrogen and oxygen atoms in total. The molecule has 2 N–H and O–H groups in total. The SMILES string of the molecule is COc1ccc(C(=O)Nc2c(C)n[nH]c2C)c(OC)c1. The van der Waals surface area contributed by atoms with Crippen LogP contribution in [0.15, 0.2) is 18.2 Å². The number of carbonyl (C=O) groups excluding carboxylic acids is 1. The molecule has 0 aliphatic carbocycles. The Kier molecular flexibility index (Phi) is 3.93. The molecular weight excluding hydrogens is 258 g/mol. The van der Waals surface area contributed by atoms with Crippen molar-refractivity contribution < 1.29 is 14.3 Å². The van der Waals surface area contributed by atoms with Crippen LogP contribution in [0.25, 0.3) is 0 Å². The second kappa shape index (κ2) is 5.64. The molecule has 0 saturated carbocycles. The summed E-state index contributed by atoms with van der Waals surface area (Å²) >= 11 is 0. The molecule has 0 spiro atoms. The lowest BCUT2D eigenvalue weighted by Gasteiger charge is -2.11. The van der Waals surface area contributed by atoms with Gasteiger partial charge in [0.2, 0.25) is 0 Å². The van der Waals surface area contributed by atoms with Crippen molar-refractivity contribution in [2.24, 2.45) is 0 Å². The highest BCUT2D eigenvalue weighted by Crippen LogP contribution is 2.26. The van der Waals surface area contributed by atoms with E-state index in [0.717, 1.165) is 11.4 Å². The lowest BCUT2D eigenvalue weighted by molar-refractivity contribution is 0.102. The summed E-state index contributed by atoms with van der Waals surface area (Å²) in [6.45, 7) is 3.67. The van der Waals surface area contributed by atoms with Crippen LogP contribution in [0.2, 0.25) is 0 Å². The number of nitrogens with one attached hydrogen (secondary N) is 2. The van der Waals surface area contributed by atoms with E-state index in [1.54, 1.807) is 25.3 Å². The van der Waals surface area contributed by atoms with Crippen LogP contribution in [-0.2, 0) is 0 Å². The van der Waals surface area contributed by atoms with Gasteiger partial charge in [-0.3, -0.25) is 9.89 Å². The van der Waals surface area contributed by atoms with E-state index in [1.807, 2.05) is 13.8 Å². The van der Waals surface area contributed by atoms with E-state index in [2.05, 4.69) is 15.5 Å². The van der Waals surface area contributed by atoms with Gasteiger partial charge in [0.05, 0.1) is 36.9 Å². The first kappa shape index (κ1) is 13.9. The molecule has 0 bridgehead atoms. The van der Waals surface area contributed by atoms with Gasteiger partial charge >= 0.3 is 0 Å². The predicted molar refractivity (Wildman–Crippen MR) is 75.6 cm³/mol. The van der Waals surface area contributed by atoms with Gasteiger partial charge in [-0.05, 0) is 26.0 Å². The second-order valence-electron chi connectivity index (χ2n) is 4.33. The summed E-state index contributed by atoms with van der Waals surface area (Å²) in [4.78, 5) is 12.3. The minimum Gasteiger partial charge on any atom is -0.497 e. The number of ether oxygens (including phenoxy) is 2. The van der Waals surface area contributed by atoms with Crippen molar-refractivity contribution >= 4 is 11.6 Å². The first-order valence-corrected chi connectivity index (χ1v) is 6.11. The van der Waals surface area contributed by atoms with Crippen molar-refractivity contribution in [2.75, 3.05) is 19.5 Å². The molecule has 106 valence electrons. The molecule has 0 saturated heterocycles. The van der Waals surface area contributed by atoms with E-state index >= 15 is 0 Å². The molecule has 0 unspecified atom stereocenters. The minimum atomic E-state index is -0.253. The lowest BCUT2D eigenvalue weighted by atomic mass is 10.1. The normalized spacial score (nSPS) is 10.2. The maximum absolute atomic E-state index is 12.3. The van der Waals surface area contributed by atoms with Crippen molar-refractivity contribution in [1.82, 2.24) is 10.2 Å². The van der Waals surface area contributed by atoms with Crippen LogP contribution in [0.3, 0.4) is 0 Å². The van der Waals surface area contributed by atoms with Gasteiger partial charge in [0.15, 0.2) is 0 Å². The molecular formula is C14H17N3O3. The quantitative estimate of drug-likeness (QED) is 0.897. The van der Waals surface area contributed by atoms with Crippen LogP contribution in [0, 0.1) is 13.8 Å². The zero-order chi connectivity index (χ0) is 14.7. The monoisotopic (exact) mass is 275 g/mol. The Morgan fingerprint density at radius 3 is 2.55 bits per heavy atom. The summed E-state index contributed by atoms with van der Waals surface area (Å²) in [7, 11) is 3.08. The summed E-state index contributed by atoms with van der Waals surface area (Å²) in [5, 5.41) is 9.70. The van der Waals surface area contributed by atoms with E-state index in [9.17, 15) is 4.79 Å². The fraction of sp³-hybridized carbons (Fsp3) is 0.286. The van der Waals surface area contributed by atoms with Crippen LogP contribution in [0.1, 0.15) is 21.7 Å². The van der Waals surface area contributed by atoms with Crippen molar-refractivity contribution in [3.05, 3.63) is 35.2 Å². The van der Waals surface area contributed by atoms with Crippen molar-refractivity contribution in [3.8, 4) is 11.5 Å². The molecule has 0 aliphatic rings. The third-order valence-corrected chi connectivity index (χ3v) is 3.02. The van der Waals surface area contributed by atoms with Gasteiger partial charge in [-0.25, -0.2) is 0 Å². The van der Waals surface area contributed by atoms with E-state index in [4.69, 9.17) is 9.47 Å². The van der Waals surface area contributed by atoms with E-state index in [1.165, 1.54) is 7.11 Å². The topological polar surface area (TPSA) is 76.2 Å². The molecule has 2 aromatic rings. The van der Waals surface area contributed by atoms with Crippen LogP contribution in [0.4, 0.5) is 5.69 Å². The molecule has 1 aromatic carbocycles. The number of H-pyrrole nitrogens is 1. The highest BCUT2D eigenvalue weighted by Gasteiger charge is 2.16. The Morgan fingerprint density at radius 2 is 2.00 bits per heavy atom. The Hall–Kier alpha value is -2.50. The summed E-state index contributed by atoms with van der Waals surface area (Å²) in [5.41, 5.74) is 2.67. The molecule has 2 rings (SSSR count). The van der Waals surface area contributed by atoms with Crippen molar-refractivity contribution in [3.63, 3.8) is 0 Å². The highest BCUT2D eigenvalue weighted by atomic mass is 16.5. The van der Waals surface area contributed by atoms with Crippen LogP contribution >= 0.6 is 0 Å². The van der Waals surface area contributed by atoms with Gasteiger partial charge in [-0.15, -0.1) is 0 Å². The number of anilines is 1. The molecule has 0 atom stereocenters. The van der Waals surface area contributed by atoms with E-state index < -0.39 is 0 Å². The zero-order valence-electron chi connectivity index (χ0n) is 11.9. The molecule has 0 radical (unpaired) electrons. The number of rotatable bonds is 4. The number of benzene rings is 1. The first-order chi connectivity index (χ1) is 9.56. The number of methoxy groups -OCH3 is 2. The van der Waals surface area contributed by atoms with Gasteiger partial charge in [0.25, 0.3) is 5.91 Å². The number of hydrogen-bond acceptors (Lipinski definition) is 4. The molecule has 1 amide bonds. The molecule has 1 heterocycles. The average molecular weight is 275 g/mol. The smallest absolute Gasteiger partial charge is 0.259 e. The summed E-state index contributed by atoms with van der Waals surface area (Å²) < 4.78 is 10.3. The number of amides is 1. The summed E-state index contributed by atoms with van der Waals surface area (Å²) in [5.74, 6) is 0.840. The first-order valence-electron chi connectivity index (χ1n) is 6.11. The van der Waals surface area contributed by atoms with Crippen LogP contribution in [0.5, 0.6) is 11.5 Å². The van der Waals surface area contributed by atoms with Gasteiger partial charge in [0.1, 0.15) is 11.5 Å². The Morgan fingerprint density at radius 1 is 1.25 bits per heavy atom. The highest BCUT2D eigenvalue weighted by molar-refractivity contribution is 6.06. The number of aryl methyl sites for hydroxylation is 2. The largest absolute Gasteiger partial charge is 0.497 e. The van der Waals surface area contributed by atoms with Gasteiger partial charge in [-0.2, -0.15) is 5.10 Å². The fourth-order valence-corrected chi connectivity index (χ4v) is 1.90. The summed E-state index contributed by atoms with van der Waals surface area (Å²) in [6, 6.07) is 5.05. The van der Waals surface area contributed by atoms with Gasteiger partial charge in [-0.1, -0.05) is 0 Å². The predicted octanol–water partition coefficient (Wildman–Crippen LogP) is 2.30. The van der Waals surface area contributed by atoms with Gasteiger partial charge in [0, 0.05) is 6.07 Å². The molecule has 0 aliphatic heterocycles. The average Bonchev–Trinajstić information content (AvgIpc) is 2.78. The van der Waals surface area contributed by atoms with Crippen molar-refractivity contribution in [2.45, 2.75) is 13.8 Å². The van der Waals surface area contributed by atoms with E-state index in [0.29, 0.717) is 22.7 Å². The number of nitrogens with zero attached hydrogens (tertiary/aromatic N) is 1. The maximum Gasteiger partial charge on any atom is 0.259 e. The number of aromatic amines is 1. The van der Waals surface area contributed by atoms with Crippen LogP contribution < -0.4 is 14.8 Å². The third-order valence-electron chi connectivity index (χ3n) is 3.02. The molecule has 0 fully saturated rings. The lowest BCUT2D eigenvalue weighted by Crippen LogP contribution is -2.14. The third kappa shape index (κ3) is 2.59. The number of carbonyl (C=O) groups is 1. The number of aromatic nitrogens is 2. The standard InChI is InChI=1S/C14H17N3O3/c1-8-13(9(2)17-16-8)15-14(18)11-6-5-10(19-3)7-12(11)20-4/h5-7H,1-4H3,(H,15,18)(H,16,17). The number of hydrogen-bond donors (Lipinski definition) is 2. The Labute approximate surface area is 117 Å². The maximum atomic E-state index is 12.3. The molecule has 1 aromatic heterocycles. The minimum absolute atomic E-state index is 0.253. The molecule has 20 heavy (non-hydrogen) atoms. The second-order valence-corrected chi connectivity index (χ2v) is 4.33. The van der Waals surface area contributed by atoms with E-state index in [-0.39, 0.29) is 5.91 Å². The Balaban J connectivity index is 2.30. The Bertz CT molecular complexity index is 615. The fourth-order valence-electron chi connectivity index (χ4n) is 1.90. The van der Waals surface area contributed by atoms with Crippen LogP contribution in [-0.4, -0.2) is 30.3 Å². The van der Waals surface area contributed by atoms with Gasteiger partial charge < -0.3 is 14.8 Å². The zero-order valence-corrected chi connectivity index (χ0v) is 11.9.